The van der Waals surface area contributed by atoms with Crippen LogP contribution in [0.3, 0.4) is 0 Å². The van der Waals surface area contributed by atoms with Crippen LogP contribution in [-0.4, -0.2) is 29.1 Å². The lowest BCUT2D eigenvalue weighted by atomic mass is 10.2. The molecule has 2 N–H and O–H groups in total. The van der Waals surface area contributed by atoms with E-state index in [0.29, 0.717) is 6.07 Å². The highest BCUT2D eigenvalue weighted by atomic mass is 19.4. The Morgan fingerprint density at radius 1 is 1.27 bits per heavy atom. The maximum atomic E-state index is 12.5. The van der Waals surface area contributed by atoms with Crippen molar-refractivity contribution in [2.24, 2.45) is 0 Å². The molecular formula is C13H16F3N3O3. The van der Waals surface area contributed by atoms with Crippen LogP contribution in [0.1, 0.15) is 26.3 Å². The second-order valence-electron chi connectivity index (χ2n) is 5.32. The Bertz CT molecular complexity index is 553. The third-order valence-corrected chi connectivity index (χ3v) is 2.14. The van der Waals surface area contributed by atoms with Gasteiger partial charge in [-0.3, -0.25) is 10.1 Å². The fourth-order valence-corrected chi connectivity index (χ4v) is 1.37. The van der Waals surface area contributed by atoms with Gasteiger partial charge in [0, 0.05) is 6.20 Å². The van der Waals surface area contributed by atoms with E-state index in [1.54, 1.807) is 20.8 Å². The normalized spacial score (nSPS) is 11.7. The average molecular weight is 319 g/mol. The number of alkyl halides is 3. The first-order valence-corrected chi connectivity index (χ1v) is 6.27. The summed E-state index contributed by atoms with van der Waals surface area (Å²) in [7, 11) is 0. The van der Waals surface area contributed by atoms with E-state index < -0.39 is 35.9 Å². The third-order valence-electron chi connectivity index (χ3n) is 2.14. The molecular weight excluding hydrogens is 303 g/mol. The summed E-state index contributed by atoms with van der Waals surface area (Å²) in [5.74, 6) is -0.948. The molecule has 0 spiro atoms. The van der Waals surface area contributed by atoms with Gasteiger partial charge in [0.05, 0.1) is 5.56 Å². The van der Waals surface area contributed by atoms with Crippen LogP contribution in [0.5, 0.6) is 0 Å². The van der Waals surface area contributed by atoms with Crippen LogP contribution in [0, 0.1) is 0 Å². The van der Waals surface area contributed by atoms with Crippen LogP contribution >= 0.6 is 0 Å². The molecule has 1 rings (SSSR count). The van der Waals surface area contributed by atoms with Crippen molar-refractivity contribution in [3.05, 3.63) is 23.9 Å². The molecule has 2 amide bonds. The zero-order chi connectivity index (χ0) is 17.0. The zero-order valence-electron chi connectivity index (χ0n) is 12.2. The van der Waals surface area contributed by atoms with Gasteiger partial charge in [-0.05, 0) is 32.9 Å². The molecule has 0 aliphatic heterocycles. The van der Waals surface area contributed by atoms with Crippen LogP contribution in [0.15, 0.2) is 18.3 Å². The van der Waals surface area contributed by atoms with E-state index in [2.05, 4.69) is 15.6 Å². The van der Waals surface area contributed by atoms with Gasteiger partial charge in [-0.15, -0.1) is 0 Å². The number of hydrogen-bond acceptors (Lipinski definition) is 4. The van der Waals surface area contributed by atoms with Gasteiger partial charge in [0.2, 0.25) is 0 Å². The smallest absolute Gasteiger partial charge is 0.416 e. The number of rotatable bonds is 3. The summed E-state index contributed by atoms with van der Waals surface area (Å²) < 4.78 is 42.5. The van der Waals surface area contributed by atoms with E-state index in [1.165, 1.54) is 0 Å². The fraction of sp³-hybridized carbons (Fsp3) is 0.462. The number of nitrogens with zero attached hydrogens (tertiary/aromatic N) is 1. The van der Waals surface area contributed by atoms with Crippen molar-refractivity contribution in [1.82, 2.24) is 10.3 Å². The minimum Gasteiger partial charge on any atom is -0.459 e. The number of amides is 2. The Hall–Kier alpha value is -2.32. The number of nitrogens with one attached hydrogen (secondary N) is 2. The van der Waals surface area contributed by atoms with E-state index >= 15 is 0 Å². The van der Waals surface area contributed by atoms with E-state index in [0.717, 1.165) is 12.3 Å². The number of esters is 1. The number of halogens is 3. The van der Waals surface area contributed by atoms with Crippen LogP contribution in [-0.2, 0) is 15.7 Å². The topological polar surface area (TPSA) is 80.3 Å². The number of urea groups is 1. The first kappa shape index (κ1) is 17.7. The van der Waals surface area contributed by atoms with Gasteiger partial charge in [0.15, 0.2) is 0 Å². The Balaban J connectivity index is 2.54. The fourth-order valence-electron chi connectivity index (χ4n) is 1.37. The molecule has 22 heavy (non-hydrogen) atoms. The average Bonchev–Trinajstić information content (AvgIpc) is 2.34. The van der Waals surface area contributed by atoms with Gasteiger partial charge >= 0.3 is 18.2 Å². The molecule has 0 unspecified atom stereocenters. The summed E-state index contributed by atoms with van der Waals surface area (Å²) >= 11 is 0. The molecule has 0 aliphatic carbocycles. The molecule has 0 aromatic carbocycles. The summed E-state index contributed by atoms with van der Waals surface area (Å²) in [4.78, 5) is 26.5. The highest BCUT2D eigenvalue weighted by Crippen LogP contribution is 2.29. The summed E-state index contributed by atoms with van der Waals surface area (Å²) in [5.41, 5.74) is -1.64. The molecule has 1 aromatic heterocycles. The van der Waals surface area contributed by atoms with E-state index in [9.17, 15) is 22.8 Å². The number of ether oxygens (including phenoxy) is 1. The van der Waals surface area contributed by atoms with Crippen molar-refractivity contribution in [3.8, 4) is 0 Å². The molecule has 1 heterocycles. The minimum absolute atomic E-state index is 0.281. The Morgan fingerprint density at radius 2 is 1.91 bits per heavy atom. The molecule has 0 saturated carbocycles. The maximum Gasteiger partial charge on any atom is 0.416 e. The van der Waals surface area contributed by atoms with Gasteiger partial charge in [-0.1, -0.05) is 0 Å². The lowest BCUT2D eigenvalue weighted by Gasteiger charge is -2.19. The molecule has 0 fully saturated rings. The largest absolute Gasteiger partial charge is 0.459 e. The molecule has 0 radical (unpaired) electrons. The van der Waals surface area contributed by atoms with Gasteiger partial charge in [0.1, 0.15) is 18.0 Å². The van der Waals surface area contributed by atoms with Crippen LogP contribution in [0.4, 0.5) is 23.8 Å². The molecule has 0 bridgehead atoms. The zero-order valence-corrected chi connectivity index (χ0v) is 12.2. The third kappa shape index (κ3) is 6.42. The van der Waals surface area contributed by atoms with Crippen molar-refractivity contribution in [2.45, 2.75) is 32.5 Å². The van der Waals surface area contributed by atoms with Crippen molar-refractivity contribution in [2.75, 3.05) is 11.9 Å². The number of aromatic nitrogens is 1. The number of carbonyl (C=O) groups is 2. The number of hydrogen-bond donors (Lipinski definition) is 2. The van der Waals surface area contributed by atoms with E-state index in [4.69, 9.17) is 4.74 Å². The number of anilines is 1. The monoisotopic (exact) mass is 319 g/mol. The molecule has 0 atom stereocenters. The first-order chi connectivity index (χ1) is 9.97. The molecule has 1 aromatic rings. The second-order valence-corrected chi connectivity index (χ2v) is 5.32. The van der Waals surface area contributed by atoms with E-state index in [1.807, 2.05) is 0 Å². The molecule has 0 saturated heterocycles. The van der Waals surface area contributed by atoms with Crippen LogP contribution in [0.2, 0.25) is 0 Å². The van der Waals surface area contributed by atoms with E-state index in [-0.39, 0.29) is 5.82 Å². The molecule has 9 heteroatoms. The van der Waals surface area contributed by atoms with Crippen molar-refractivity contribution < 1.29 is 27.5 Å². The lowest BCUT2D eigenvalue weighted by Crippen LogP contribution is -2.37. The minimum atomic E-state index is -4.54. The Kier molecular flexibility index (Phi) is 5.34. The Labute approximate surface area is 125 Å². The van der Waals surface area contributed by atoms with Gasteiger partial charge in [-0.25, -0.2) is 9.78 Å². The maximum absolute atomic E-state index is 12.5. The lowest BCUT2D eigenvalue weighted by molar-refractivity contribution is -0.153. The van der Waals surface area contributed by atoms with Crippen LogP contribution < -0.4 is 10.6 Å². The predicted molar refractivity (Wildman–Crippen MR) is 72.1 cm³/mol. The van der Waals surface area contributed by atoms with Gasteiger partial charge in [0.25, 0.3) is 0 Å². The predicted octanol–water partition coefficient (Wildman–Crippen LogP) is 2.56. The van der Waals surface area contributed by atoms with Crippen molar-refractivity contribution in [1.29, 1.82) is 0 Å². The van der Waals surface area contributed by atoms with Gasteiger partial charge < -0.3 is 10.1 Å². The SMILES string of the molecule is CC(C)(C)OC(=O)CNC(=O)Nc1cc(C(F)(F)F)ccn1. The standard InChI is InChI=1S/C13H16F3N3O3/c1-12(2,3)22-10(20)7-18-11(21)19-9-6-8(4-5-17-9)13(14,15)16/h4-6H,7H2,1-3H3,(H2,17,18,19,21). The molecule has 6 nitrogen and oxygen atoms in total. The number of carbonyl (C=O) groups excluding carboxylic acids is 2. The summed E-state index contributed by atoms with van der Waals surface area (Å²) in [6.45, 7) is 4.58. The first-order valence-electron chi connectivity index (χ1n) is 6.27. The highest BCUT2D eigenvalue weighted by Gasteiger charge is 2.30. The van der Waals surface area contributed by atoms with Gasteiger partial charge in [-0.2, -0.15) is 13.2 Å². The molecule has 0 aliphatic rings. The Morgan fingerprint density at radius 3 is 2.45 bits per heavy atom. The quantitative estimate of drug-likeness (QED) is 0.839. The van der Waals surface area contributed by atoms with Crippen molar-refractivity contribution >= 4 is 17.8 Å². The molecule has 122 valence electrons. The summed E-state index contributed by atoms with van der Waals surface area (Å²) in [5, 5.41) is 4.27. The second kappa shape index (κ2) is 6.63. The summed E-state index contributed by atoms with van der Waals surface area (Å²) in [6, 6.07) is 0.606. The highest BCUT2D eigenvalue weighted by molar-refractivity contribution is 5.90. The summed E-state index contributed by atoms with van der Waals surface area (Å²) in [6.07, 6.45) is -3.61. The van der Waals surface area contributed by atoms with Crippen LogP contribution in [0.25, 0.3) is 0 Å². The van der Waals surface area contributed by atoms with Crippen molar-refractivity contribution in [3.63, 3.8) is 0 Å². The number of pyridine rings is 1.